The van der Waals surface area contributed by atoms with E-state index in [4.69, 9.17) is 0 Å². The molecule has 3 heteroatoms. The van der Waals surface area contributed by atoms with E-state index in [1.165, 1.54) is 6.42 Å². The lowest BCUT2D eigenvalue weighted by molar-refractivity contribution is -0.140. The van der Waals surface area contributed by atoms with Gasteiger partial charge in [0.25, 0.3) is 0 Å². The summed E-state index contributed by atoms with van der Waals surface area (Å²) in [6, 6.07) is 2.25. The molecule has 0 unspecified atom stereocenters. The Balaban J connectivity index is 2.68. The zero-order valence-corrected chi connectivity index (χ0v) is 11.3. The third-order valence-electron chi connectivity index (χ3n) is 4.31. The highest BCUT2D eigenvalue weighted by Crippen LogP contribution is 2.30. The monoisotopic (exact) mass is 236 g/mol. The van der Waals surface area contributed by atoms with Crippen molar-refractivity contribution in [3.8, 4) is 6.07 Å². The summed E-state index contributed by atoms with van der Waals surface area (Å²) in [6.45, 7) is 7.74. The number of nitrogens with zero attached hydrogens (tertiary/aromatic N) is 2. The first kappa shape index (κ1) is 14.0. The molecule has 1 heterocycles. The summed E-state index contributed by atoms with van der Waals surface area (Å²) in [5.41, 5.74) is -0.779. The van der Waals surface area contributed by atoms with Gasteiger partial charge in [-0.25, -0.2) is 0 Å². The summed E-state index contributed by atoms with van der Waals surface area (Å²) in [4.78, 5) is 14.3. The van der Waals surface area contributed by atoms with Gasteiger partial charge in [0.05, 0.1) is 6.07 Å². The highest BCUT2D eigenvalue weighted by Gasteiger charge is 2.39. The fourth-order valence-corrected chi connectivity index (χ4v) is 2.61. The first-order valence-corrected chi connectivity index (χ1v) is 6.84. The van der Waals surface area contributed by atoms with Gasteiger partial charge in [-0.2, -0.15) is 5.26 Å². The smallest absolute Gasteiger partial charge is 0.243 e. The predicted octanol–water partition coefficient (Wildman–Crippen LogP) is 2.96. The molecule has 0 aromatic rings. The Kier molecular flexibility index (Phi) is 4.99. The van der Waals surface area contributed by atoms with Crippen LogP contribution in [0.3, 0.4) is 0 Å². The highest BCUT2D eigenvalue weighted by molar-refractivity contribution is 5.85. The van der Waals surface area contributed by atoms with Crippen molar-refractivity contribution in [3.05, 3.63) is 0 Å². The minimum Gasteiger partial charge on any atom is -0.341 e. The molecule has 0 radical (unpaired) electrons. The number of nitriles is 1. The number of carbonyl (C=O) groups excluding carboxylic acids is 1. The lowest BCUT2D eigenvalue weighted by Crippen LogP contribution is -2.46. The molecule has 0 aliphatic carbocycles. The molecule has 0 atom stereocenters. The molecule has 0 aromatic heterocycles. The summed E-state index contributed by atoms with van der Waals surface area (Å²) in [5.74, 6) is 0.818. The Bertz CT molecular complexity index is 294. The second-order valence-corrected chi connectivity index (χ2v) is 5.04. The number of piperidine rings is 1. The Morgan fingerprint density at radius 2 is 1.82 bits per heavy atom. The van der Waals surface area contributed by atoms with Gasteiger partial charge >= 0.3 is 0 Å². The van der Waals surface area contributed by atoms with Crippen LogP contribution in [0.15, 0.2) is 0 Å². The van der Waals surface area contributed by atoms with Crippen molar-refractivity contribution >= 4 is 5.91 Å². The minimum absolute atomic E-state index is 0.0551. The molecule has 0 N–H and O–H groups in total. The van der Waals surface area contributed by atoms with Crippen LogP contribution < -0.4 is 0 Å². The van der Waals surface area contributed by atoms with Gasteiger partial charge in [0.15, 0.2) is 0 Å². The second kappa shape index (κ2) is 6.05. The van der Waals surface area contributed by atoms with E-state index >= 15 is 0 Å². The first-order valence-electron chi connectivity index (χ1n) is 6.84. The summed E-state index contributed by atoms with van der Waals surface area (Å²) < 4.78 is 0. The van der Waals surface area contributed by atoms with E-state index in [0.717, 1.165) is 31.8 Å². The average molecular weight is 236 g/mol. The van der Waals surface area contributed by atoms with Crippen LogP contribution >= 0.6 is 0 Å². The zero-order chi connectivity index (χ0) is 12.9. The molecular formula is C14H24N2O. The van der Waals surface area contributed by atoms with Crippen molar-refractivity contribution in [2.75, 3.05) is 13.1 Å². The van der Waals surface area contributed by atoms with E-state index in [0.29, 0.717) is 12.8 Å². The van der Waals surface area contributed by atoms with Crippen LogP contribution in [0.1, 0.15) is 52.9 Å². The van der Waals surface area contributed by atoms with Crippen LogP contribution in [-0.2, 0) is 4.79 Å². The Hall–Kier alpha value is -1.04. The molecule has 0 spiro atoms. The molecule has 0 aromatic carbocycles. The molecule has 1 saturated heterocycles. The number of carbonyl (C=O) groups is 1. The molecule has 1 aliphatic rings. The van der Waals surface area contributed by atoms with Crippen LogP contribution in [0.5, 0.6) is 0 Å². The molecule has 0 bridgehead atoms. The van der Waals surface area contributed by atoms with Gasteiger partial charge in [-0.15, -0.1) is 0 Å². The van der Waals surface area contributed by atoms with Crippen molar-refractivity contribution in [2.24, 2.45) is 11.3 Å². The van der Waals surface area contributed by atoms with Crippen molar-refractivity contribution in [3.63, 3.8) is 0 Å². The van der Waals surface area contributed by atoms with Crippen LogP contribution in [-0.4, -0.2) is 23.9 Å². The molecular weight excluding hydrogens is 212 g/mol. The number of hydrogen-bond acceptors (Lipinski definition) is 2. The van der Waals surface area contributed by atoms with Gasteiger partial charge in [-0.3, -0.25) is 4.79 Å². The third kappa shape index (κ3) is 2.80. The predicted molar refractivity (Wildman–Crippen MR) is 68.2 cm³/mol. The lowest BCUT2D eigenvalue weighted by atomic mass is 9.81. The van der Waals surface area contributed by atoms with Crippen molar-refractivity contribution in [1.29, 1.82) is 5.26 Å². The number of amides is 1. The molecule has 1 rings (SSSR count). The summed E-state index contributed by atoms with van der Waals surface area (Å²) in [7, 11) is 0. The maximum absolute atomic E-state index is 12.4. The van der Waals surface area contributed by atoms with Crippen LogP contribution in [0, 0.1) is 22.7 Å². The van der Waals surface area contributed by atoms with E-state index < -0.39 is 5.41 Å². The quantitative estimate of drug-likeness (QED) is 0.753. The van der Waals surface area contributed by atoms with Gasteiger partial charge in [0.1, 0.15) is 5.41 Å². The summed E-state index contributed by atoms with van der Waals surface area (Å²) >= 11 is 0. The molecule has 96 valence electrons. The Morgan fingerprint density at radius 1 is 1.29 bits per heavy atom. The fourth-order valence-electron chi connectivity index (χ4n) is 2.61. The molecule has 1 fully saturated rings. The maximum Gasteiger partial charge on any atom is 0.243 e. The lowest BCUT2D eigenvalue weighted by Gasteiger charge is -2.36. The largest absolute Gasteiger partial charge is 0.341 e. The van der Waals surface area contributed by atoms with E-state index in [-0.39, 0.29) is 5.91 Å². The fraction of sp³-hybridized carbons (Fsp3) is 0.857. The van der Waals surface area contributed by atoms with E-state index in [1.54, 1.807) is 0 Å². The summed E-state index contributed by atoms with van der Waals surface area (Å²) in [6.07, 6.45) is 4.63. The van der Waals surface area contributed by atoms with Gasteiger partial charge < -0.3 is 4.90 Å². The SMILES string of the molecule is CCC1CCN(C(=O)C(C#N)(CC)CC)CC1. The van der Waals surface area contributed by atoms with Crippen LogP contribution in [0.25, 0.3) is 0 Å². The average Bonchev–Trinajstić information content (AvgIpc) is 2.41. The van der Waals surface area contributed by atoms with Crippen LogP contribution in [0.2, 0.25) is 0 Å². The van der Waals surface area contributed by atoms with Gasteiger partial charge in [0, 0.05) is 13.1 Å². The van der Waals surface area contributed by atoms with E-state index in [1.807, 2.05) is 18.7 Å². The highest BCUT2D eigenvalue weighted by atomic mass is 16.2. The van der Waals surface area contributed by atoms with Crippen molar-refractivity contribution < 1.29 is 4.79 Å². The Morgan fingerprint density at radius 3 is 2.18 bits per heavy atom. The maximum atomic E-state index is 12.4. The van der Waals surface area contributed by atoms with Gasteiger partial charge in [-0.05, 0) is 31.6 Å². The van der Waals surface area contributed by atoms with Crippen molar-refractivity contribution in [1.82, 2.24) is 4.90 Å². The molecule has 0 saturated carbocycles. The Labute approximate surface area is 105 Å². The first-order chi connectivity index (χ1) is 8.13. The molecule has 3 nitrogen and oxygen atoms in total. The molecule has 1 amide bonds. The third-order valence-corrected chi connectivity index (χ3v) is 4.31. The van der Waals surface area contributed by atoms with E-state index in [9.17, 15) is 10.1 Å². The zero-order valence-electron chi connectivity index (χ0n) is 11.3. The minimum atomic E-state index is -0.779. The summed E-state index contributed by atoms with van der Waals surface area (Å²) in [5, 5.41) is 9.28. The number of likely N-dealkylation sites (tertiary alicyclic amines) is 1. The van der Waals surface area contributed by atoms with Gasteiger partial charge in [0.2, 0.25) is 5.91 Å². The molecule has 17 heavy (non-hydrogen) atoms. The van der Waals surface area contributed by atoms with Crippen molar-refractivity contribution in [2.45, 2.75) is 52.9 Å². The second-order valence-electron chi connectivity index (χ2n) is 5.04. The van der Waals surface area contributed by atoms with E-state index in [2.05, 4.69) is 13.0 Å². The van der Waals surface area contributed by atoms with Gasteiger partial charge in [-0.1, -0.05) is 27.2 Å². The topological polar surface area (TPSA) is 44.1 Å². The number of rotatable bonds is 4. The standard InChI is InChI=1S/C14H24N2O/c1-4-12-7-9-16(10-8-12)13(17)14(5-2,6-3)11-15/h12H,4-10H2,1-3H3. The van der Waals surface area contributed by atoms with Crippen LogP contribution in [0.4, 0.5) is 0 Å². The molecule has 1 aliphatic heterocycles. The number of hydrogen-bond donors (Lipinski definition) is 0. The normalized spacial score (nSPS) is 17.9.